The van der Waals surface area contributed by atoms with Gasteiger partial charge in [-0.15, -0.1) is 0 Å². The first-order valence-electron chi connectivity index (χ1n) is 7.75. The summed E-state index contributed by atoms with van der Waals surface area (Å²) in [6.07, 6.45) is -0.339. The highest BCUT2D eigenvalue weighted by molar-refractivity contribution is 14.1. The molecule has 1 aromatic carbocycles. The lowest BCUT2D eigenvalue weighted by Gasteiger charge is -2.31. The average Bonchev–Trinajstić information content (AvgIpc) is 2.37. The van der Waals surface area contributed by atoms with Crippen LogP contribution in [0.5, 0.6) is 5.75 Å². The van der Waals surface area contributed by atoms with E-state index in [1.807, 2.05) is 12.1 Å². The third kappa shape index (κ3) is 3.95. The molecule has 0 unspecified atom stereocenters. The third-order valence-electron chi connectivity index (χ3n) is 3.88. The zero-order valence-corrected chi connectivity index (χ0v) is 16.5. The summed E-state index contributed by atoms with van der Waals surface area (Å²) < 4.78 is 12.1. The molecule has 0 aliphatic carbocycles. The van der Waals surface area contributed by atoms with Crippen LogP contribution < -0.4 is 0 Å². The molecule has 1 N–H and O–H groups in total. The lowest BCUT2D eigenvalue weighted by molar-refractivity contribution is -0.177. The first-order valence-corrected chi connectivity index (χ1v) is 9.00. The minimum absolute atomic E-state index is 0.138. The highest BCUT2D eigenvalue weighted by atomic mass is 127. The van der Waals surface area contributed by atoms with Crippen LogP contribution in [0.3, 0.4) is 0 Å². The first-order chi connectivity index (χ1) is 10.00. The highest BCUT2D eigenvalue weighted by Crippen LogP contribution is 2.41. The van der Waals surface area contributed by atoms with E-state index in [-0.39, 0.29) is 17.1 Å². The van der Waals surface area contributed by atoms with Gasteiger partial charge >= 0.3 is 0 Å². The average molecular weight is 418 g/mol. The molecular formula is C18H27IO3. The van der Waals surface area contributed by atoms with Crippen molar-refractivity contribution in [2.24, 2.45) is 0 Å². The van der Waals surface area contributed by atoms with Crippen molar-refractivity contribution in [3.8, 4) is 5.75 Å². The van der Waals surface area contributed by atoms with Crippen LogP contribution in [0.4, 0.5) is 0 Å². The first kappa shape index (κ1) is 18.0. The van der Waals surface area contributed by atoms with Crippen LogP contribution in [0.15, 0.2) is 12.1 Å². The Morgan fingerprint density at radius 1 is 0.955 bits per heavy atom. The van der Waals surface area contributed by atoms with Crippen LogP contribution in [0.1, 0.15) is 64.5 Å². The van der Waals surface area contributed by atoms with Crippen molar-refractivity contribution in [2.75, 3.05) is 13.2 Å². The van der Waals surface area contributed by atoms with Crippen LogP contribution in [0.2, 0.25) is 0 Å². The standard InChI is InChI=1S/C18H27IO3/c1-17(2,3)13-7-11(16-21-9-12(19)10-22-16)8-14(15(13)20)18(4,5)6/h7-8,12,16,20H,9-10H2,1-6H3. The number of benzene rings is 1. The molecule has 3 nitrogen and oxygen atoms in total. The summed E-state index contributed by atoms with van der Waals surface area (Å²) in [6, 6.07) is 4.06. The normalized spacial score (nSPS) is 23.6. The molecular weight excluding hydrogens is 391 g/mol. The number of halogens is 1. The maximum absolute atomic E-state index is 10.7. The van der Waals surface area contributed by atoms with Crippen molar-refractivity contribution in [2.45, 2.75) is 62.6 Å². The second-order valence-corrected chi connectivity index (χ2v) is 9.82. The van der Waals surface area contributed by atoms with Gasteiger partial charge in [0, 0.05) is 5.56 Å². The van der Waals surface area contributed by atoms with Gasteiger partial charge in [-0.1, -0.05) is 64.1 Å². The van der Waals surface area contributed by atoms with E-state index in [2.05, 4.69) is 64.1 Å². The van der Waals surface area contributed by atoms with Gasteiger partial charge in [-0.3, -0.25) is 0 Å². The lowest BCUT2D eigenvalue weighted by Crippen LogP contribution is -2.28. The maximum Gasteiger partial charge on any atom is 0.183 e. The molecule has 1 fully saturated rings. The number of aromatic hydroxyl groups is 1. The van der Waals surface area contributed by atoms with Gasteiger partial charge in [0.05, 0.1) is 17.1 Å². The smallest absolute Gasteiger partial charge is 0.183 e. The molecule has 0 atom stereocenters. The molecule has 1 aliphatic heterocycles. The quantitative estimate of drug-likeness (QED) is 0.524. The molecule has 1 aromatic rings. The molecule has 124 valence electrons. The molecule has 2 rings (SSSR count). The van der Waals surface area contributed by atoms with Gasteiger partial charge in [0.25, 0.3) is 0 Å². The fourth-order valence-corrected chi connectivity index (χ4v) is 3.02. The molecule has 22 heavy (non-hydrogen) atoms. The molecule has 1 saturated heterocycles. The van der Waals surface area contributed by atoms with Crippen molar-refractivity contribution in [3.63, 3.8) is 0 Å². The number of alkyl halides is 1. The van der Waals surface area contributed by atoms with Crippen LogP contribution >= 0.6 is 22.6 Å². The number of hydrogen-bond acceptors (Lipinski definition) is 3. The molecule has 0 aromatic heterocycles. The second kappa shape index (κ2) is 6.29. The molecule has 0 radical (unpaired) electrons. The number of hydrogen-bond donors (Lipinski definition) is 1. The van der Waals surface area contributed by atoms with Crippen molar-refractivity contribution in [1.29, 1.82) is 0 Å². The predicted molar refractivity (Wildman–Crippen MR) is 98.0 cm³/mol. The van der Waals surface area contributed by atoms with Gasteiger partial charge in [0.2, 0.25) is 0 Å². The van der Waals surface area contributed by atoms with Crippen LogP contribution in [-0.2, 0) is 20.3 Å². The van der Waals surface area contributed by atoms with Gasteiger partial charge in [0.15, 0.2) is 6.29 Å². The van der Waals surface area contributed by atoms with Gasteiger partial charge in [0.1, 0.15) is 5.75 Å². The minimum atomic E-state index is -0.339. The van der Waals surface area contributed by atoms with E-state index < -0.39 is 0 Å². The lowest BCUT2D eigenvalue weighted by atomic mass is 9.78. The second-order valence-electron chi connectivity index (χ2n) is 8.06. The molecule has 1 aliphatic rings. The number of rotatable bonds is 1. The van der Waals surface area contributed by atoms with E-state index in [0.29, 0.717) is 22.9 Å². The van der Waals surface area contributed by atoms with Gasteiger partial charge < -0.3 is 14.6 Å². The van der Waals surface area contributed by atoms with Crippen LogP contribution in [0, 0.1) is 0 Å². The molecule has 0 spiro atoms. The Bertz CT molecular complexity index is 497. The van der Waals surface area contributed by atoms with E-state index >= 15 is 0 Å². The monoisotopic (exact) mass is 418 g/mol. The molecule has 0 bridgehead atoms. The summed E-state index contributed by atoms with van der Waals surface area (Å²) in [6.45, 7) is 14.1. The summed E-state index contributed by atoms with van der Waals surface area (Å²) in [5.74, 6) is 0.395. The number of phenols is 1. The Balaban J connectivity index is 2.51. The molecule has 0 amide bonds. The number of ether oxygens (including phenoxy) is 2. The summed E-state index contributed by atoms with van der Waals surface area (Å²) >= 11 is 2.34. The fourth-order valence-electron chi connectivity index (χ4n) is 2.61. The van der Waals surface area contributed by atoms with Crippen molar-refractivity contribution < 1.29 is 14.6 Å². The SMILES string of the molecule is CC(C)(C)c1cc(C2OCC(I)CO2)cc(C(C)(C)C)c1O. The Hall–Kier alpha value is -0.330. The Morgan fingerprint density at radius 2 is 1.36 bits per heavy atom. The Kier molecular flexibility index (Phi) is 5.15. The zero-order chi connectivity index (χ0) is 16.7. The van der Waals surface area contributed by atoms with Gasteiger partial charge in [-0.05, 0) is 34.1 Å². The van der Waals surface area contributed by atoms with E-state index in [4.69, 9.17) is 9.47 Å². The summed E-state index contributed by atoms with van der Waals surface area (Å²) in [5.41, 5.74) is 2.61. The summed E-state index contributed by atoms with van der Waals surface area (Å²) in [5, 5.41) is 10.7. The largest absolute Gasteiger partial charge is 0.507 e. The topological polar surface area (TPSA) is 38.7 Å². The van der Waals surface area contributed by atoms with Crippen LogP contribution in [-0.4, -0.2) is 22.2 Å². The Labute approximate surface area is 147 Å². The van der Waals surface area contributed by atoms with E-state index in [9.17, 15) is 5.11 Å². The molecule has 0 saturated carbocycles. The van der Waals surface area contributed by atoms with E-state index in [0.717, 1.165) is 16.7 Å². The van der Waals surface area contributed by atoms with Gasteiger partial charge in [-0.2, -0.15) is 0 Å². The summed E-state index contributed by atoms with van der Waals surface area (Å²) in [7, 11) is 0. The van der Waals surface area contributed by atoms with Crippen molar-refractivity contribution in [3.05, 3.63) is 28.8 Å². The van der Waals surface area contributed by atoms with Gasteiger partial charge in [-0.25, -0.2) is 0 Å². The third-order valence-corrected chi connectivity index (χ3v) is 4.60. The highest BCUT2D eigenvalue weighted by Gasteiger charge is 2.30. The van der Waals surface area contributed by atoms with E-state index in [1.54, 1.807) is 0 Å². The van der Waals surface area contributed by atoms with Crippen molar-refractivity contribution >= 4 is 22.6 Å². The maximum atomic E-state index is 10.7. The van der Waals surface area contributed by atoms with E-state index in [1.165, 1.54) is 0 Å². The minimum Gasteiger partial charge on any atom is -0.507 e. The zero-order valence-electron chi connectivity index (χ0n) is 14.4. The number of phenolic OH excluding ortho intramolecular Hbond substituents is 1. The van der Waals surface area contributed by atoms with Crippen molar-refractivity contribution in [1.82, 2.24) is 0 Å². The fraction of sp³-hybridized carbons (Fsp3) is 0.667. The predicted octanol–water partition coefficient (Wildman–Crippen LogP) is 4.84. The van der Waals surface area contributed by atoms with Crippen LogP contribution in [0.25, 0.3) is 0 Å². The Morgan fingerprint density at radius 3 is 1.73 bits per heavy atom. The summed E-state index contributed by atoms with van der Waals surface area (Å²) in [4.78, 5) is 0. The molecule has 4 heteroatoms. The molecule has 1 heterocycles.